The van der Waals surface area contributed by atoms with Crippen molar-refractivity contribution in [2.45, 2.75) is 19.4 Å². The number of likely N-dealkylation sites (tertiary alicyclic amines) is 1. The Morgan fingerprint density at radius 1 is 1.29 bits per heavy atom. The molecule has 1 saturated heterocycles. The van der Waals surface area contributed by atoms with Gasteiger partial charge in [-0.1, -0.05) is 18.2 Å². The van der Waals surface area contributed by atoms with Gasteiger partial charge in [-0.3, -0.25) is 9.69 Å². The first-order chi connectivity index (χ1) is 10.1. The van der Waals surface area contributed by atoms with Gasteiger partial charge in [-0.2, -0.15) is 0 Å². The highest BCUT2D eigenvalue weighted by Crippen LogP contribution is 2.25. The Labute approximate surface area is 125 Å². The average Bonchev–Trinajstić information content (AvgIpc) is 2.91. The molecule has 1 aliphatic heterocycles. The summed E-state index contributed by atoms with van der Waals surface area (Å²) in [5.41, 5.74) is 2.19. The molecule has 0 radical (unpaired) electrons. The Balaban J connectivity index is 1.62. The summed E-state index contributed by atoms with van der Waals surface area (Å²) in [6, 6.07) is 8.15. The molecule has 0 unspecified atom stereocenters. The second kappa shape index (κ2) is 5.90. The van der Waals surface area contributed by atoms with Crippen LogP contribution in [0.3, 0.4) is 0 Å². The van der Waals surface area contributed by atoms with Crippen LogP contribution < -0.4 is 0 Å². The normalized spacial score (nSPS) is 17.2. The zero-order valence-electron chi connectivity index (χ0n) is 12.7. The maximum Gasteiger partial charge on any atom is 0.225 e. The highest BCUT2D eigenvalue weighted by molar-refractivity contribution is 5.80. The summed E-state index contributed by atoms with van der Waals surface area (Å²) in [5, 5.41) is 1.20. The number of benzene rings is 1. The Morgan fingerprint density at radius 2 is 2.00 bits per heavy atom. The standard InChI is InChI=1S/C17H22N2O2/c1-18(2)17(20)13-7-9-19(10-8-13)11-14-12-21-16-6-4-3-5-15(14)16/h3-6,12-13H,7-11H2,1-2H3. The second-order valence-electron chi connectivity index (χ2n) is 6.04. The van der Waals surface area contributed by atoms with Crippen molar-refractivity contribution in [2.24, 2.45) is 5.92 Å². The molecule has 1 amide bonds. The van der Waals surface area contributed by atoms with E-state index in [1.54, 1.807) is 4.90 Å². The van der Waals surface area contributed by atoms with Crippen LogP contribution in [0.4, 0.5) is 0 Å². The molecular weight excluding hydrogens is 264 g/mol. The van der Waals surface area contributed by atoms with Gasteiger partial charge >= 0.3 is 0 Å². The van der Waals surface area contributed by atoms with Gasteiger partial charge in [0.15, 0.2) is 0 Å². The van der Waals surface area contributed by atoms with E-state index in [1.807, 2.05) is 38.6 Å². The summed E-state index contributed by atoms with van der Waals surface area (Å²) >= 11 is 0. The van der Waals surface area contributed by atoms with Gasteiger partial charge in [0.05, 0.1) is 6.26 Å². The molecule has 0 atom stereocenters. The first kappa shape index (κ1) is 14.1. The van der Waals surface area contributed by atoms with Gasteiger partial charge in [0.2, 0.25) is 5.91 Å². The molecule has 4 heteroatoms. The largest absolute Gasteiger partial charge is 0.464 e. The molecule has 1 aromatic carbocycles. The molecule has 4 nitrogen and oxygen atoms in total. The quantitative estimate of drug-likeness (QED) is 0.870. The van der Waals surface area contributed by atoms with Crippen LogP contribution in [0, 0.1) is 5.92 Å². The van der Waals surface area contributed by atoms with Gasteiger partial charge in [-0.15, -0.1) is 0 Å². The Hall–Kier alpha value is -1.81. The van der Waals surface area contributed by atoms with Crippen LogP contribution in [-0.2, 0) is 11.3 Å². The monoisotopic (exact) mass is 286 g/mol. The molecule has 2 aromatic rings. The van der Waals surface area contributed by atoms with Gasteiger partial charge in [0, 0.05) is 37.5 Å². The topological polar surface area (TPSA) is 36.7 Å². The van der Waals surface area contributed by atoms with Crippen molar-refractivity contribution in [3.05, 3.63) is 36.1 Å². The van der Waals surface area contributed by atoms with Crippen LogP contribution >= 0.6 is 0 Å². The fourth-order valence-electron chi connectivity index (χ4n) is 3.10. The maximum absolute atomic E-state index is 12.0. The zero-order valence-corrected chi connectivity index (χ0v) is 12.7. The predicted octanol–water partition coefficient (Wildman–Crippen LogP) is 2.73. The number of fused-ring (bicyclic) bond motifs is 1. The number of piperidine rings is 1. The van der Waals surface area contributed by atoms with Crippen LogP contribution in [-0.4, -0.2) is 42.9 Å². The average molecular weight is 286 g/mol. The molecule has 0 saturated carbocycles. The number of carbonyl (C=O) groups excluding carboxylic acids is 1. The third-order valence-corrected chi connectivity index (χ3v) is 4.33. The summed E-state index contributed by atoms with van der Waals surface area (Å²) in [6.45, 7) is 2.85. The molecule has 0 spiro atoms. The van der Waals surface area contributed by atoms with E-state index in [-0.39, 0.29) is 11.8 Å². The molecule has 0 N–H and O–H groups in total. The minimum absolute atomic E-state index is 0.192. The van der Waals surface area contributed by atoms with Gasteiger partial charge < -0.3 is 9.32 Å². The lowest BCUT2D eigenvalue weighted by Gasteiger charge is -2.32. The van der Waals surface area contributed by atoms with Crippen molar-refractivity contribution in [3.63, 3.8) is 0 Å². The number of furan rings is 1. The van der Waals surface area contributed by atoms with Crippen LogP contribution in [0.1, 0.15) is 18.4 Å². The summed E-state index contributed by atoms with van der Waals surface area (Å²) < 4.78 is 5.59. The number of amides is 1. The van der Waals surface area contributed by atoms with Gasteiger partial charge in [-0.25, -0.2) is 0 Å². The third-order valence-electron chi connectivity index (χ3n) is 4.33. The molecule has 1 fully saturated rings. The lowest BCUT2D eigenvalue weighted by Crippen LogP contribution is -2.39. The molecule has 0 bridgehead atoms. The maximum atomic E-state index is 12.0. The minimum atomic E-state index is 0.192. The fourth-order valence-corrected chi connectivity index (χ4v) is 3.10. The van der Waals surface area contributed by atoms with Gasteiger partial charge in [0.1, 0.15) is 5.58 Å². The van der Waals surface area contributed by atoms with Crippen LogP contribution in [0.2, 0.25) is 0 Å². The van der Waals surface area contributed by atoms with Crippen molar-refractivity contribution < 1.29 is 9.21 Å². The highest BCUT2D eigenvalue weighted by Gasteiger charge is 2.26. The predicted molar refractivity (Wildman–Crippen MR) is 82.9 cm³/mol. The Morgan fingerprint density at radius 3 is 2.71 bits per heavy atom. The molecule has 112 valence electrons. The zero-order chi connectivity index (χ0) is 14.8. The van der Waals surface area contributed by atoms with Crippen LogP contribution in [0.5, 0.6) is 0 Å². The lowest BCUT2D eigenvalue weighted by molar-refractivity contribution is -0.134. The van der Waals surface area contributed by atoms with Crippen molar-refractivity contribution in [3.8, 4) is 0 Å². The van der Waals surface area contributed by atoms with E-state index in [1.165, 1.54) is 10.9 Å². The SMILES string of the molecule is CN(C)C(=O)C1CCN(Cc2coc3ccccc23)CC1. The van der Waals surface area contributed by atoms with E-state index in [2.05, 4.69) is 11.0 Å². The van der Waals surface area contributed by atoms with Gasteiger partial charge in [-0.05, 0) is 32.0 Å². The Kier molecular flexibility index (Phi) is 3.97. The van der Waals surface area contributed by atoms with Gasteiger partial charge in [0.25, 0.3) is 0 Å². The highest BCUT2D eigenvalue weighted by atomic mass is 16.3. The smallest absolute Gasteiger partial charge is 0.225 e. The van der Waals surface area contributed by atoms with Crippen molar-refractivity contribution >= 4 is 16.9 Å². The van der Waals surface area contributed by atoms with Crippen molar-refractivity contribution in [1.82, 2.24) is 9.80 Å². The number of hydrogen-bond acceptors (Lipinski definition) is 3. The van der Waals surface area contributed by atoms with E-state index >= 15 is 0 Å². The van der Waals surface area contributed by atoms with E-state index in [4.69, 9.17) is 4.42 Å². The summed E-state index contributed by atoms with van der Waals surface area (Å²) in [6.07, 6.45) is 3.77. The molecule has 3 rings (SSSR count). The molecular formula is C17H22N2O2. The second-order valence-corrected chi connectivity index (χ2v) is 6.04. The molecule has 1 aromatic heterocycles. The number of nitrogens with zero attached hydrogens (tertiary/aromatic N) is 2. The molecule has 0 aliphatic carbocycles. The number of rotatable bonds is 3. The number of carbonyl (C=O) groups is 1. The summed E-state index contributed by atoms with van der Waals surface area (Å²) in [7, 11) is 3.68. The van der Waals surface area contributed by atoms with E-state index < -0.39 is 0 Å². The summed E-state index contributed by atoms with van der Waals surface area (Å²) in [5.74, 6) is 0.459. The van der Waals surface area contributed by atoms with Crippen LogP contribution in [0.15, 0.2) is 34.9 Å². The number of para-hydroxylation sites is 1. The first-order valence-electron chi connectivity index (χ1n) is 7.54. The minimum Gasteiger partial charge on any atom is -0.464 e. The van der Waals surface area contributed by atoms with E-state index in [0.717, 1.165) is 38.1 Å². The van der Waals surface area contributed by atoms with Crippen molar-refractivity contribution in [2.75, 3.05) is 27.2 Å². The molecule has 2 heterocycles. The fraction of sp³-hybridized carbons (Fsp3) is 0.471. The van der Waals surface area contributed by atoms with E-state index in [9.17, 15) is 4.79 Å². The first-order valence-corrected chi connectivity index (χ1v) is 7.54. The molecule has 1 aliphatic rings. The third kappa shape index (κ3) is 2.95. The Bertz CT molecular complexity index is 625. The summed E-state index contributed by atoms with van der Waals surface area (Å²) in [4.78, 5) is 16.1. The van der Waals surface area contributed by atoms with E-state index in [0.29, 0.717) is 0 Å². The van der Waals surface area contributed by atoms with Crippen LogP contribution in [0.25, 0.3) is 11.0 Å². The van der Waals surface area contributed by atoms with Crippen molar-refractivity contribution in [1.29, 1.82) is 0 Å². The molecule has 21 heavy (non-hydrogen) atoms. The number of hydrogen-bond donors (Lipinski definition) is 0. The lowest BCUT2D eigenvalue weighted by atomic mass is 9.95.